The fourth-order valence-electron chi connectivity index (χ4n) is 4.27. The highest BCUT2D eigenvalue weighted by Crippen LogP contribution is 2.36. The van der Waals surface area contributed by atoms with E-state index in [2.05, 4.69) is 61.2 Å². The third kappa shape index (κ3) is 4.04. The van der Waals surface area contributed by atoms with Crippen molar-refractivity contribution in [2.24, 2.45) is 0 Å². The summed E-state index contributed by atoms with van der Waals surface area (Å²) in [4.78, 5) is 4.29. The van der Waals surface area contributed by atoms with Crippen LogP contribution >= 0.6 is 11.3 Å². The Morgan fingerprint density at radius 1 is 1.00 bits per heavy atom. The SMILES string of the molecule is CCC(CC)N1CCc2sc3cc(OCc4ccccc4)ccc3c2CC1. The van der Waals surface area contributed by atoms with Crippen LogP contribution in [0.4, 0.5) is 0 Å². The van der Waals surface area contributed by atoms with E-state index in [9.17, 15) is 0 Å². The topological polar surface area (TPSA) is 12.5 Å². The largest absolute Gasteiger partial charge is 0.489 e. The van der Waals surface area contributed by atoms with E-state index >= 15 is 0 Å². The number of benzene rings is 2. The first-order valence-electron chi connectivity index (χ1n) is 10.2. The Labute approximate surface area is 166 Å². The molecule has 0 fully saturated rings. The summed E-state index contributed by atoms with van der Waals surface area (Å²) >= 11 is 1.97. The quantitative estimate of drug-likeness (QED) is 0.515. The fraction of sp³-hybridized carbons (Fsp3) is 0.417. The molecule has 1 aliphatic heterocycles. The first-order valence-corrected chi connectivity index (χ1v) is 11.0. The summed E-state index contributed by atoms with van der Waals surface area (Å²) in [5.74, 6) is 0.974. The lowest BCUT2D eigenvalue weighted by atomic mass is 10.1. The van der Waals surface area contributed by atoms with E-state index in [1.54, 1.807) is 10.4 Å². The van der Waals surface area contributed by atoms with Crippen molar-refractivity contribution in [2.75, 3.05) is 13.1 Å². The predicted octanol–water partition coefficient (Wildman–Crippen LogP) is 6.07. The number of rotatable bonds is 6. The molecule has 0 bridgehead atoms. The minimum atomic E-state index is 0.627. The van der Waals surface area contributed by atoms with Gasteiger partial charge in [0.15, 0.2) is 0 Å². The zero-order chi connectivity index (χ0) is 18.6. The summed E-state index contributed by atoms with van der Waals surface area (Å²) in [7, 11) is 0. The van der Waals surface area contributed by atoms with Gasteiger partial charge in [0.2, 0.25) is 0 Å². The van der Waals surface area contributed by atoms with Crippen LogP contribution in [0.25, 0.3) is 10.1 Å². The number of nitrogens with zero attached hydrogens (tertiary/aromatic N) is 1. The van der Waals surface area contributed by atoms with E-state index in [1.807, 2.05) is 17.4 Å². The maximum absolute atomic E-state index is 6.03. The second-order valence-corrected chi connectivity index (χ2v) is 8.58. The summed E-state index contributed by atoms with van der Waals surface area (Å²) in [5.41, 5.74) is 2.79. The van der Waals surface area contributed by atoms with Gasteiger partial charge in [-0.15, -0.1) is 11.3 Å². The molecule has 0 spiro atoms. The Balaban J connectivity index is 1.50. The Morgan fingerprint density at radius 3 is 2.56 bits per heavy atom. The average molecular weight is 380 g/mol. The van der Waals surface area contributed by atoms with Crippen LogP contribution in [0, 0.1) is 0 Å². The van der Waals surface area contributed by atoms with Crippen molar-refractivity contribution in [2.45, 2.75) is 52.2 Å². The second-order valence-electron chi connectivity index (χ2n) is 7.44. The number of hydrogen-bond donors (Lipinski definition) is 0. The van der Waals surface area contributed by atoms with Crippen LogP contribution in [-0.2, 0) is 19.4 Å². The molecule has 2 nitrogen and oxygen atoms in total. The minimum absolute atomic E-state index is 0.627. The minimum Gasteiger partial charge on any atom is -0.489 e. The summed E-state index contributed by atoms with van der Waals surface area (Å²) < 4.78 is 7.41. The monoisotopic (exact) mass is 379 g/mol. The maximum Gasteiger partial charge on any atom is 0.121 e. The van der Waals surface area contributed by atoms with Crippen molar-refractivity contribution in [3.63, 3.8) is 0 Å². The van der Waals surface area contributed by atoms with Crippen molar-refractivity contribution in [3.05, 3.63) is 64.5 Å². The van der Waals surface area contributed by atoms with Gasteiger partial charge < -0.3 is 4.74 Å². The van der Waals surface area contributed by atoms with E-state index in [1.165, 1.54) is 54.4 Å². The van der Waals surface area contributed by atoms with Crippen LogP contribution < -0.4 is 4.74 Å². The molecule has 2 heterocycles. The van der Waals surface area contributed by atoms with Gasteiger partial charge in [-0.1, -0.05) is 44.2 Å². The van der Waals surface area contributed by atoms with E-state index in [-0.39, 0.29) is 0 Å². The molecule has 27 heavy (non-hydrogen) atoms. The molecule has 3 aromatic rings. The lowest BCUT2D eigenvalue weighted by molar-refractivity contribution is 0.195. The molecule has 0 saturated heterocycles. The first-order chi connectivity index (χ1) is 13.3. The normalized spacial score (nSPS) is 15.1. The number of thiophene rings is 1. The molecule has 142 valence electrons. The summed E-state index contributed by atoms with van der Waals surface area (Å²) in [6, 6.07) is 17.8. The van der Waals surface area contributed by atoms with Gasteiger partial charge in [-0.25, -0.2) is 0 Å². The van der Waals surface area contributed by atoms with Gasteiger partial charge in [0.25, 0.3) is 0 Å². The Morgan fingerprint density at radius 2 is 1.78 bits per heavy atom. The van der Waals surface area contributed by atoms with Crippen LogP contribution in [0.3, 0.4) is 0 Å². The molecule has 0 N–H and O–H groups in total. The van der Waals surface area contributed by atoms with Crippen molar-refractivity contribution < 1.29 is 4.74 Å². The fourth-order valence-corrected chi connectivity index (χ4v) is 5.54. The van der Waals surface area contributed by atoms with Crippen LogP contribution in [0.15, 0.2) is 48.5 Å². The Hall–Kier alpha value is -1.84. The molecular formula is C24H29NOS. The van der Waals surface area contributed by atoms with E-state index in [0.29, 0.717) is 6.61 Å². The average Bonchev–Trinajstić information content (AvgIpc) is 2.93. The Kier molecular flexibility index (Phi) is 5.80. The van der Waals surface area contributed by atoms with Gasteiger partial charge in [0.1, 0.15) is 12.4 Å². The molecule has 0 radical (unpaired) electrons. The zero-order valence-corrected chi connectivity index (χ0v) is 17.2. The standard InChI is InChI=1S/C24H29NOS/c1-3-19(4-2)25-14-12-22-21-11-10-20(16-24(21)27-23(22)13-15-25)26-17-18-8-6-5-7-9-18/h5-11,16,19H,3-4,12-15,17H2,1-2H3. The number of hydrogen-bond acceptors (Lipinski definition) is 3. The zero-order valence-electron chi connectivity index (χ0n) is 16.4. The molecule has 4 rings (SSSR count). The summed E-state index contributed by atoms with van der Waals surface area (Å²) in [5, 5.41) is 1.44. The van der Waals surface area contributed by atoms with Crippen molar-refractivity contribution >= 4 is 21.4 Å². The smallest absolute Gasteiger partial charge is 0.121 e. The van der Waals surface area contributed by atoms with Crippen LogP contribution in [0.5, 0.6) is 5.75 Å². The first kappa shape index (κ1) is 18.5. The van der Waals surface area contributed by atoms with E-state index in [0.717, 1.165) is 11.8 Å². The van der Waals surface area contributed by atoms with Crippen LogP contribution in [0.1, 0.15) is 42.7 Å². The molecule has 1 aliphatic rings. The lowest BCUT2D eigenvalue weighted by Crippen LogP contribution is -2.36. The molecular weight excluding hydrogens is 350 g/mol. The molecule has 0 atom stereocenters. The molecule has 0 unspecified atom stereocenters. The molecule has 0 amide bonds. The molecule has 0 saturated carbocycles. The van der Waals surface area contributed by atoms with Crippen molar-refractivity contribution in [1.82, 2.24) is 4.90 Å². The van der Waals surface area contributed by atoms with Gasteiger partial charge in [-0.3, -0.25) is 4.90 Å². The van der Waals surface area contributed by atoms with Crippen LogP contribution in [0.2, 0.25) is 0 Å². The van der Waals surface area contributed by atoms with Crippen molar-refractivity contribution in [1.29, 1.82) is 0 Å². The maximum atomic E-state index is 6.03. The van der Waals surface area contributed by atoms with Gasteiger partial charge >= 0.3 is 0 Å². The molecule has 2 aromatic carbocycles. The highest BCUT2D eigenvalue weighted by molar-refractivity contribution is 7.19. The molecule has 0 aliphatic carbocycles. The lowest BCUT2D eigenvalue weighted by Gasteiger charge is -2.28. The van der Waals surface area contributed by atoms with E-state index in [4.69, 9.17) is 4.74 Å². The van der Waals surface area contributed by atoms with Crippen LogP contribution in [-0.4, -0.2) is 24.0 Å². The highest BCUT2D eigenvalue weighted by atomic mass is 32.1. The third-order valence-corrected chi connectivity index (χ3v) is 7.08. The van der Waals surface area contributed by atoms with Gasteiger partial charge in [0.05, 0.1) is 0 Å². The Bertz CT molecular complexity index is 882. The van der Waals surface area contributed by atoms with Gasteiger partial charge in [0, 0.05) is 28.7 Å². The summed E-state index contributed by atoms with van der Waals surface area (Å²) in [6.45, 7) is 7.66. The summed E-state index contributed by atoms with van der Waals surface area (Å²) in [6.07, 6.45) is 4.88. The highest BCUT2D eigenvalue weighted by Gasteiger charge is 2.22. The number of fused-ring (bicyclic) bond motifs is 3. The van der Waals surface area contributed by atoms with Gasteiger partial charge in [-0.05, 0) is 60.4 Å². The van der Waals surface area contributed by atoms with Gasteiger partial charge in [-0.2, -0.15) is 0 Å². The predicted molar refractivity (Wildman–Crippen MR) is 116 cm³/mol. The van der Waals surface area contributed by atoms with Crippen molar-refractivity contribution in [3.8, 4) is 5.75 Å². The second kappa shape index (κ2) is 8.45. The van der Waals surface area contributed by atoms with E-state index < -0.39 is 0 Å². The molecule has 3 heteroatoms. The third-order valence-electron chi connectivity index (χ3n) is 5.83. The number of ether oxygens (including phenoxy) is 1. The molecule has 1 aromatic heterocycles.